The number of carboxylic acids is 1. The summed E-state index contributed by atoms with van der Waals surface area (Å²) in [4.78, 5) is 36.1. The molecule has 0 atom stereocenters. The number of fused-ring (bicyclic) bond motifs is 1. The summed E-state index contributed by atoms with van der Waals surface area (Å²) in [5.41, 5.74) is 3.39. The van der Waals surface area contributed by atoms with Crippen LogP contribution in [0.1, 0.15) is 22.8 Å². The second-order valence-corrected chi connectivity index (χ2v) is 6.85. The third-order valence-corrected chi connectivity index (χ3v) is 5.00. The number of nitrogens with zero attached hydrogens (tertiary/aromatic N) is 4. The molecule has 0 unspecified atom stereocenters. The lowest BCUT2D eigenvalue weighted by molar-refractivity contribution is -0.255. The minimum Gasteiger partial charge on any atom is -0.545 e. The molecule has 1 aliphatic rings. The van der Waals surface area contributed by atoms with Crippen molar-refractivity contribution in [3.63, 3.8) is 0 Å². The number of carboxylic acid groups (broad SMARTS) is 1. The Morgan fingerprint density at radius 2 is 1.76 bits per heavy atom. The molecular formula is C21H17N4O4-. The van der Waals surface area contributed by atoms with Crippen LogP contribution in [0, 0.1) is 0 Å². The maximum absolute atomic E-state index is 12.9. The molecule has 0 fully saturated rings. The lowest BCUT2D eigenvalue weighted by Gasteiger charge is -2.13. The van der Waals surface area contributed by atoms with Gasteiger partial charge in [0, 0.05) is 14.1 Å². The summed E-state index contributed by atoms with van der Waals surface area (Å²) in [6.07, 6.45) is 1.71. The summed E-state index contributed by atoms with van der Waals surface area (Å²) < 4.78 is 3.11. The summed E-state index contributed by atoms with van der Waals surface area (Å²) in [6, 6.07) is 11.4. The molecule has 0 bridgehead atoms. The fourth-order valence-electron chi connectivity index (χ4n) is 3.40. The third-order valence-electron chi connectivity index (χ3n) is 5.00. The predicted octanol–water partition coefficient (Wildman–Crippen LogP) is 1.05. The molecule has 8 nitrogen and oxygen atoms in total. The molecule has 29 heavy (non-hydrogen) atoms. The van der Waals surface area contributed by atoms with E-state index in [1.54, 1.807) is 42.3 Å². The van der Waals surface area contributed by atoms with E-state index in [9.17, 15) is 19.5 Å². The molecule has 3 aromatic rings. The lowest BCUT2D eigenvalue weighted by atomic mass is 10.1. The predicted molar refractivity (Wildman–Crippen MR) is 108 cm³/mol. The van der Waals surface area contributed by atoms with Crippen LogP contribution in [0.4, 0.5) is 5.69 Å². The molecule has 1 amide bonds. The average Bonchev–Trinajstić information content (AvgIpc) is 3.11. The van der Waals surface area contributed by atoms with E-state index in [1.807, 2.05) is 18.2 Å². The summed E-state index contributed by atoms with van der Waals surface area (Å²) in [7, 11) is 3.40. The molecular weight excluding hydrogens is 372 g/mol. The minimum absolute atomic E-state index is 0.0315. The van der Waals surface area contributed by atoms with Crippen LogP contribution in [0.2, 0.25) is 0 Å². The number of benzene rings is 2. The van der Waals surface area contributed by atoms with Crippen molar-refractivity contribution in [2.24, 2.45) is 19.2 Å². The molecule has 0 radical (unpaired) electrons. The van der Waals surface area contributed by atoms with E-state index >= 15 is 0 Å². The molecule has 0 saturated carbocycles. The first kappa shape index (κ1) is 18.4. The summed E-state index contributed by atoms with van der Waals surface area (Å²) in [5.74, 6) is -1.68. The zero-order valence-electron chi connectivity index (χ0n) is 16.0. The molecule has 1 aliphatic heterocycles. The van der Waals surface area contributed by atoms with Crippen molar-refractivity contribution < 1.29 is 14.7 Å². The second-order valence-electron chi connectivity index (χ2n) is 6.85. The number of anilines is 1. The first-order valence-electron chi connectivity index (χ1n) is 8.86. The maximum Gasteiger partial charge on any atom is 0.328 e. The number of amides is 1. The molecule has 0 aliphatic carbocycles. The van der Waals surface area contributed by atoms with Gasteiger partial charge in [0.1, 0.15) is 0 Å². The Morgan fingerprint density at radius 1 is 1.03 bits per heavy atom. The molecule has 0 spiro atoms. The lowest BCUT2D eigenvalue weighted by Crippen LogP contribution is -2.24. The van der Waals surface area contributed by atoms with Gasteiger partial charge < -0.3 is 9.90 Å². The number of imidazole rings is 1. The Labute approximate surface area is 165 Å². The molecule has 2 heterocycles. The fourth-order valence-corrected chi connectivity index (χ4v) is 3.40. The van der Waals surface area contributed by atoms with E-state index in [0.717, 1.165) is 16.6 Å². The van der Waals surface area contributed by atoms with Crippen molar-refractivity contribution >= 4 is 40.4 Å². The van der Waals surface area contributed by atoms with Gasteiger partial charge in [-0.1, -0.05) is 18.2 Å². The average molecular weight is 389 g/mol. The molecule has 0 N–H and O–H groups in total. The normalized spacial score (nSPS) is 15.4. The zero-order chi connectivity index (χ0) is 20.9. The number of hydrazone groups is 1. The van der Waals surface area contributed by atoms with Gasteiger partial charge in [-0.2, -0.15) is 10.1 Å². The second kappa shape index (κ2) is 6.59. The smallest absolute Gasteiger partial charge is 0.328 e. The molecule has 4 rings (SSSR count). The monoisotopic (exact) mass is 389 g/mol. The molecule has 8 heteroatoms. The SMILES string of the molecule is CC1=NN(c2cccc(C(=O)[O-])c2)C(=O)/C1=C\c1ccc2c(c1)n(C)c(=O)n2C. The van der Waals surface area contributed by atoms with E-state index in [-0.39, 0.29) is 17.2 Å². The van der Waals surface area contributed by atoms with E-state index < -0.39 is 5.97 Å². The number of rotatable bonds is 3. The quantitative estimate of drug-likeness (QED) is 0.625. The van der Waals surface area contributed by atoms with Gasteiger partial charge in [-0.05, 0) is 48.4 Å². The van der Waals surface area contributed by atoms with E-state index in [0.29, 0.717) is 17.0 Å². The van der Waals surface area contributed by atoms with Crippen LogP contribution in [0.15, 0.2) is 57.9 Å². The fraction of sp³-hybridized carbons (Fsp3) is 0.143. The van der Waals surface area contributed by atoms with E-state index in [4.69, 9.17) is 0 Å². The van der Waals surface area contributed by atoms with E-state index in [2.05, 4.69) is 5.10 Å². The van der Waals surface area contributed by atoms with Crippen LogP contribution < -0.4 is 15.8 Å². The number of carbonyl (C=O) groups excluding carboxylic acids is 2. The van der Waals surface area contributed by atoms with Gasteiger partial charge in [0.05, 0.1) is 34.0 Å². The number of hydrogen-bond donors (Lipinski definition) is 0. The van der Waals surface area contributed by atoms with Crippen molar-refractivity contribution in [2.45, 2.75) is 6.92 Å². The summed E-state index contributed by atoms with van der Waals surface area (Å²) in [5, 5.41) is 16.5. The minimum atomic E-state index is -1.32. The van der Waals surface area contributed by atoms with Crippen molar-refractivity contribution in [1.29, 1.82) is 0 Å². The highest BCUT2D eigenvalue weighted by Gasteiger charge is 2.28. The molecule has 2 aromatic carbocycles. The van der Waals surface area contributed by atoms with Crippen molar-refractivity contribution in [2.75, 3.05) is 5.01 Å². The Bertz CT molecular complexity index is 1310. The largest absolute Gasteiger partial charge is 0.545 e. The summed E-state index contributed by atoms with van der Waals surface area (Å²) in [6.45, 7) is 1.71. The number of aromatic nitrogens is 2. The number of carbonyl (C=O) groups is 2. The highest BCUT2D eigenvalue weighted by atomic mass is 16.4. The van der Waals surface area contributed by atoms with Crippen LogP contribution in [0.3, 0.4) is 0 Å². The van der Waals surface area contributed by atoms with Gasteiger partial charge >= 0.3 is 5.69 Å². The van der Waals surface area contributed by atoms with Gasteiger partial charge in [-0.25, -0.2) is 4.79 Å². The van der Waals surface area contributed by atoms with Crippen LogP contribution in [-0.4, -0.2) is 26.7 Å². The van der Waals surface area contributed by atoms with E-state index in [1.165, 1.54) is 23.2 Å². The maximum atomic E-state index is 12.9. The molecule has 1 aromatic heterocycles. The highest BCUT2D eigenvalue weighted by molar-refractivity contribution is 6.32. The standard InChI is InChI=1S/C21H18N4O4/c1-12-16(9-13-7-8-17-18(10-13)24(3)21(29)23(17)2)19(26)25(22-12)15-6-4-5-14(11-15)20(27)28/h4-11H,1-3H3,(H,27,28)/p-1/b16-9-. The first-order chi connectivity index (χ1) is 13.8. The number of hydrogen-bond acceptors (Lipinski definition) is 5. The highest BCUT2D eigenvalue weighted by Crippen LogP contribution is 2.26. The number of aryl methyl sites for hydroxylation is 2. The molecule has 146 valence electrons. The van der Waals surface area contributed by atoms with Gasteiger partial charge in [0.2, 0.25) is 0 Å². The van der Waals surface area contributed by atoms with Gasteiger partial charge in [0.15, 0.2) is 0 Å². The van der Waals surface area contributed by atoms with Gasteiger partial charge in [-0.15, -0.1) is 0 Å². The van der Waals surface area contributed by atoms with Crippen molar-refractivity contribution in [3.05, 3.63) is 69.6 Å². The van der Waals surface area contributed by atoms with Crippen LogP contribution in [-0.2, 0) is 18.9 Å². The Kier molecular flexibility index (Phi) is 4.19. The van der Waals surface area contributed by atoms with Crippen molar-refractivity contribution in [3.8, 4) is 0 Å². The Hall–Kier alpha value is -3.94. The Morgan fingerprint density at radius 3 is 2.48 bits per heavy atom. The van der Waals surface area contributed by atoms with Crippen LogP contribution in [0.25, 0.3) is 17.1 Å². The zero-order valence-corrected chi connectivity index (χ0v) is 16.0. The Balaban J connectivity index is 1.73. The van der Waals surface area contributed by atoms with Crippen LogP contribution >= 0.6 is 0 Å². The van der Waals surface area contributed by atoms with Crippen molar-refractivity contribution in [1.82, 2.24) is 9.13 Å². The van der Waals surface area contributed by atoms with Gasteiger partial charge in [-0.3, -0.25) is 13.9 Å². The number of aromatic carboxylic acids is 1. The van der Waals surface area contributed by atoms with Gasteiger partial charge in [0.25, 0.3) is 5.91 Å². The first-order valence-corrected chi connectivity index (χ1v) is 8.86. The third kappa shape index (κ3) is 2.94. The topological polar surface area (TPSA) is 99.7 Å². The molecule has 0 saturated heterocycles. The van der Waals surface area contributed by atoms with Crippen LogP contribution in [0.5, 0.6) is 0 Å². The summed E-state index contributed by atoms with van der Waals surface area (Å²) >= 11 is 0.